The fourth-order valence-electron chi connectivity index (χ4n) is 2.03. The summed E-state index contributed by atoms with van der Waals surface area (Å²) in [5.41, 5.74) is 7.17. The number of halogens is 2. The first-order valence-corrected chi connectivity index (χ1v) is 6.60. The highest BCUT2D eigenvalue weighted by atomic mass is 35.5. The van der Waals surface area contributed by atoms with Gasteiger partial charge in [0.2, 0.25) is 5.78 Å². The molecule has 2 N–H and O–H groups in total. The lowest BCUT2D eigenvalue weighted by Crippen LogP contribution is -2.03. The van der Waals surface area contributed by atoms with Crippen LogP contribution in [0.1, 0.15) is 16.1 Å². The summed E-state index contributed by atoms with van der Waals surface area (Å²) >= 11 is 11.9. The van der Waals surface area contributed by atoms with Crippen LogP contribution in [0.25, 0.3) is 11.0 Å². The number of nitrogens with two attached hydrogens (primary N) is 1. The number of fused-ring (bicyclic) bond motifs is 1. The van der Waals surface area contributed by atoms with E-state index in [0.717, 1.165) is 0 Å². The minimum atomic E-state index is -0.361. The molecule has 0 bridgehead atoms. The molecule has 0 saturated heterocycles. The Hall–Kier alpha value is -1.97. The van der Waals surface area contributed by atoms with E-state index in [0.29, 0.717) is 27.2 Å². The van der Waals surface area contributed by atoms with Gasteiger partial charge in [-0.3, -0.25) is 4.79 Å². The molecule has 20 heavy (non-hydrogen) atoms. The molecule has 0 saturated carbocycles. The minimum Gasteiger partial charge on any atom is -0.450 e. The van der Waals surface area contributed by atoms with Gasteiger partial charge in [0.25, 0.3) is 0 Å². The Kier molecular flexibility index (Phi) is 3.16. The van der Waals surface area contributed by atoms with E-state index in [1.54, 1.807) is 24.3 Å². The molecule has 0 unspecified atom stereocenters. The predicted octanol–water partition coefficient (Wildman–Crippen LogP) is 4.55. The van der Waals surface area contributed by atoms with Crippen LogP contribution in [-0.4, -0.2) is 5.78 Å². The number of carbonyl (C=O) groups is 1. The minimum absolute atomic E-state index is 0.0930. The number of furan rings is 1. The van der Waals surface area contributed by atoms with Crippen molar-refractivity contribution in [2.24, 2.45) is 0 Å². The highest BCUT2D eigenvalue weighted by Gasteiger charge is 2.21. The SMILES string of the molecule is Nc1c(C(=O)c2ccc(Cl)cc2Cl)oc2ccccc12. The van der Waals surface area contributed by atoms with Crippen LogP contribution in [0.15, 0.2) is 46.9 Å². The summed E-state index contributed by atoms with van der Waals surface area (Å²) in [6.07, 6.45) is 0. The van der Waals surface area contributed by atoms with Crippen molar-refractivity contribution in [2.45, 2.75) is 0 Å². The lowest BCUT2D eigenvalue weighted by molar-refractivity contribution is 0.101. The third-order valence-electron chi connectivity index (χ3n) is 3.02. The highest BCUT2D eigenvalue weighted by molar-refractivity contribution is 6.37. The summed E-state index contributed by atoms with van der Waals surface area (Å²) < 4.78 is 5.53. The average Bonchev–Trinajstić information content (AvgIpc) is 2.76. The number of para-hydroxylation sites is 1. The van der Waals surface area contributed by atoms with E-state index in [9.17, 15) is 4.79 Å². The molecule has 0 radical (unpaired) electrons. The van der Waals surface area contributed by atoms with Gasteiger partial charge in [-0.25, -0.2) is 0 Å². The van der Waals surface area contributed by atoms with E-state index >= 15 is 0 Å². The molecule has 0 aliphatic rings. The molecule has 3 rings (SSSR count). The summed E-state index contributed by atoms with van der Waals surface area (Å²) in [4.78, 5) is 12.5. The highest BCUT2D eigenvalue weighted by Crippen LogP contribution is 2.31. The summed E-state index contributed by atoms with van der Waals surface area (Å²) in [5, 5.41) is 1.44. The number of nitrogen functional groups attached to an aromatic ring is 1. The number of carbonyl (C=O) groups excluding carboxylic acids is 1. The van der Waals surface area contributed by atoms with E-state index in [1.807, 2.05) is 12.1 Å². The van der Waals surface area contributed by atoms with Crippen LogP contribution in [0.4, 0.5) is 5.69 Å². The van der Waals surface area contributed by atoms with Crippen molar-refractivity contribution in [2.75, 3.05) is 5.73 Å². The third-order valence-corrected chi connectivity index (χ3v) is 3.56. The normalized spacial score (nSPS) is 10.9. The van der Waals surface area contributed by atoms with Crippen molar-refractivity contribution in [3.8, 4) is 0 Å². The third kappa shape index (κ3) is 2.05. The molecule has 0 atom stereocenters. The Morgan fingerprint density at radius 3 is 2.55 bits per heavy atom. The number of hydrogen-bond donors (Lipinski definition) is 1. The lowest BCUT2D eigenvalue weighted by atomic mass is 10.1. The van der Waals surface area contributed by atoms with E-state index < -0.39 is 0 Å². The fraction of sp³-hybridized carbons (Fsp3) is 0. The zero-order chi connectivity index (χ0) is 14.3. The van der Waals surface area contributed by atoms with Gasteiger partial charge in [-0.15, -0.1) is 0 Å². The summed E-state index contributed by atoms with van der Waals surface area (Å²) in [5.74, 6) is -0.268. The topological polar surface area (TPSA) is 56.2 Å². The standard InChI is InChI=1S/C15H9Cl2NO2/c16-8-5-6-9(11(17)7-8)14(19)15-13(18)10-3-1-2-4-12(10)20-15/h1-7H,18H2. The maximum Gasteiger partial charge on any atom is 0.231 e. The number of rotatable bonds is 2. The van der Waals surface area contributed by atoms with Gasteiger partial charge in [0.1, 0.15) is 5.58 Å². The molecule has 3 nitrogen and oxygen atoms in total. The smallest absolute Gasteiger partial charge is 0.231 e. The van der Waals surface area contributed by atoms with Crippen molar-refractivity contribution in [3.05, 3.63) is 63.8 Å². The zero-order valence-corrected chi connectivity index (χ0v) is 11.7. The molecule has 0 spiro atoms. The number of hydrogen-bond acceptors (Lipinski definition) is 3. The molecule has 1 aromatic heterocycles. The second-order valence-corrected chi connectivity index (χ2v) is 5.14. The van der Waals surface area contributed by atoms with Crippen LogP contribution in [0.5, 0.6) is 0 Å². The van der Waals surface area contributed by atoms with Crippen LogP contribution in [0.3, 0.4) is 0 Å². The first kappa shape index (κ1) is 13.0. The molecular formula is C15H9Cl2NO2. The average molecular weight is 306 g/mol. The van der Waals surface area contributed by atoms with Crippen LogP contribution in [0.2, 0.25) is 10.0 Å². The predicted molar refractivity (Wildman–Crippen MR) is 80.5 cm³/mol. The van der Waals surface area contributed by atoms with Crippen LogP contribution in [-0.2, 0) is 0 Å². The Bertz CT molecular complexity index is 824. The molecule has 1 heterocycles. The monoisotopic (exact) mass is 305 g/mol. The van der Waals surface area contributed by atoms with Crippen LogP contribution >= 0.6 is 23.2 Å². The van der Waals surface area contributed by atoms with E-state index in [-0.39, 0.29) is 16.6 Å². The van der Waals surface area contributed by atoms with Gasteiger partial charge in [-0.05, 0) is 30.3 Å². The van der Waals surface area contributed by atoms with E-state index in [2.05, 4.69) is 0 Å². The molecule has 0 aliphatic heterocycles. The van der Waals surface area contributed by atoms with Crippen molar-refractivity contribution < 1.29 is 9.21 Å². The quantitative estimate of drug-likeness (QED) is 0.706. The summed E-state index contributed by atoms with van der Waals surface area (Å²) in [6, 6.07) is 11.9. The Morgan fingerprint density at radius 1 is 1.10 bits per heavy atom. The van der Waals surface area contributed by atoms with Gasteiger partial charge in [-0.2, -0.15) is 0 Å². The maximum absolute atomic E-state index is 12.5. The van der Waals surface area contributed by atoms with Crippen molar-refractivity contribution in [1.29, 1.82) is 0 Å². The van der Waals surface area contributed by atoms with Gasteiger partial charge in [0.05, 0.1) is 10.7 Å². The molecule has 100 valence electrons. The van der Waals surface area contributed by atoms with Gasteiger partial charge < -0.3 is 10.2 Å². The van der Waals surface area contributed by atoms with Gasteiger partial charge in [0, 0.05) is 16.0 Å². The van der Waals surface area contributed by atoms with E-state index in [1.165, 1.54) is 6.07 Å². The largest absolute Gasteiger partial charge is 0.450 e. The first-order valence-electron chi connectivity index (χ1n) is 5.84. The number of ketones is 1. The van der Waals surface area contributed by atoms with E-state index in [4.69, 9.17) is 33.4 Å². The lowest BCUT2D eigenvalue weighted by Gasteiger charge is -2.02. The molecule has 2 aromatic carbocycles. The number of anilines is 1. The Morgan fingerprint density at radius 2 is 1.85 bits per heavy atom. The van der Waals surface area contributed by atoms with Gasteiger partial charge in [0.15, 0.2) is 5.76 Å². The van der Waals surface area contributed by atoms with Crippen molar-refractivity contribution >= 4 is 45.6 Å². The van der Waals surface area contributed by atoms with Crippen LogP contribution < -0.4 is 5.73 Å². The zero-order valence-electron chi connectivity index (χ0n) is 10.2. The fourth-order valence-corrected chi connectivity index (χ4v) is 2.52. The van der Waals surface area contributed by atoms with Gasteiger partial charge >= 0.3 is 0 Å². The molecule has 0 fully saturated rings. The molecule has 3 aromatic rings. The first-order chi connectivity index (χ1) is 9.58. The second-order valence-electron chi connectivity index (χ2n) is 4.29. The summed E-state index contributed by atoms with van der Waals surface area (Å²) in [7, 11) is 0. The van der Waals surface area contributed by atoms with Gasteiger partial charge in [-0.1, -0.05) is 35.3 Å². The molecular weight excluding hydrogens is 297 g/mol. The number of benzene rings is 2. The van der Waals surface area contributed by atoms with Crippen molar-refractivity contribution in [3.63, 3.8) is 0 Å². The second kappa shape index (κ2) is 4.85. The molecule has 0 amide bonds. The van der Waals surface area contributed by atoms with Crippen molar-refractivity contribution in [1.82, 2.24) is 0 Å². The Balaban J connectivity index is 2.15. The molecule has 5 heteroatoms. The van der Waals surface area contributed by atoms with Crippen LogP contribution in [0, 0.1) is 0 Å². The maximum atomic E-state index is 12.5. The Labute approximate surface area is 124 Å². The summed E-state index contributed by atoms with van der Waals surface area (Å²) in [6.45, 7) is 0. The molecule has 0 aliphatic carbocycles.